The molecule has 6 heteroatoms. The first-order valence-corrected chi connectivity index (χ1v) is 7.68. The van der Waals surface area contributed by atoms with E-state index in [1.54, 1.807) is 11.9 Å². The Kier molecular flexibility index (Phi) is 4.38. The highest BCUT2D eigenvalue weighted by Crippen LogP contribution is 2.30. The lowest BCUT2D eigenvalue weighted by atomic mass is 9.93. The minimum atomic E-state index is -0.170. The molecule has 1 aromatic rings. The van der Waals surface area contributed by atoms with Crippen LogP contribution in [0, 0.1) is 0 Å². The first kappa shape index (κ1) is 15.0. The number of ether oxygens (including phenoxy) is 3. The summed E-state index contributed by atoms with van der Waals surface area (Å²) in [7, 11) is 1.79. The van der Waals surface area contributed by atoms with E-state index in [2.05, 4.69) is 5.32 Å². The van der Waals surface area contributed by atoms with Crippen molar-refractivity contribution in [1.29, 1.82) is 0 Å². The molecular weight excluding hydrogens is 284 g/mol. The van der Waals surface area contributed by atoms with Crippen LogP contribution in [0.5, 0.6) is 11.5 Å². The third-order valence-electron chi connectivity index (χ3n) is 4.10. The maximum Gasteiger partial charge on any atom is 0.410 e. The minimum Gasteiger partial charge on any atom is -0.486 e. The van der Waals surface area contributed by atoms with Crippen molar-refractivity contribution < 1.29 is 19.0 Å². The normalized spacial score (nSPS) is 21.9. The van der Waals surface area contributed by atoms with Gasteiger partial charge in [0.25, 0.3) is 0 Å². The number of nitrogens with one attached hydrogen (secondary N) is 1. The van der Waals surface area contributed by atoms with Crippen LogP contribution < -0.4 is 14.8 Å². The van der Waals surface area contributed by atoms with Crippen LogP contribution in [0.2, 0.25) is 0 Å². The average molecular weight is 306 g/mol. The van der Waals surface area contributed by atoms with Crippen molar-refractivity contribution in [1.82, 2.24) is 10.2 Å². The first-order chi connectivity index (χ1) is 10.7. The van der Waals surface area contributed by atoms with Gasteiger partial charge in [-0.1, -0.05) is 12.1 Å². The molecule has 1 spiro atoms. The molecule has 0 unspecified atom stereocenters. The van der Waals surface area contributed by atoms with Gasteiger partial charge in [-0.25, -0.2) is 4.79 Å². The van der Waals surface area contributed by atoms with Gasteiger partial charge in [0.15, 0.2) is 11.5 Å². The Hall–Kier alpha value is -1.95. The largest absolute Gasteiger partial charge is 0.486 e. The molecule has 1 N–H and O–H groups in total. The molecule has 0 atom stereocenters. The maximum atomic E-state index is 11.1. The first-order valence-electron chi connectivity index (χ1n) is 7.68. The highest BCUT2D eigenvalue weighted by molar-refractivity contribution is 5.70. The predicted octanol–water partition coefficient (Wildman–Crippen LogP) is 1.65. The molecule has 1 aromatic carbocycles. The topological polar surface area (TPSA) is 60.0 Å². The number of amides is 1. The van der Waals surface area contributed by atoms with Crippen LogP contribution in [-0.4, -0.2) is 56.5 Å². The van der Waals surface area contributed by atoms with Crippen molar-refractivity contribution in [3.05, 3.63) is 24.3 Å². The van der Waals surface area contributed by atoms with Crippen LogP contribution >= 0.6 is 0 Å². The Morgan fingerprint density at radius 1 is 1.09 bits per heavy atom. The van der Waals surface area contributed by atoms with Crippen molar-refractivity contribution >= 4 is 6.09 Å². The molecule has 3 aliphatic heterocycles. The van der Waals surface area contributed by atoms with Gasteiger partial charge in [0.1, 0.15) is 18.8 Å². The second-order valence-corrected chi connectivity index (χ2v) is 5.80. The van der Waals surface area contributed by atoms with Gasteiger partial charge in [-0.15, -0.1) is 0 Å². The molecule has 2 fully saturated rings. The fourth-order valence-electron chi connectivity index (χ4n) is 2.93. The van der Waals surface area contributed by atoms with Gasteiger partial charge in [-0.2, -0.15) is 0 Å². The number of rotatable bonds is 0. The van der Waals surface area contributed by atoms with E-state index < -0.39 is 0 Å². The number of fused-ring (bicyclic) bond motifs is 1. The summed E-state index contributed by atoms with van der Waals surface area (Å²) in [6, 6.07) is 7.70. The number of hydrogen-bond acceptors (Lipinski definition) is 5. The van der Waals surface area contributed by atoms with Gasteiger partial charge >= 0.3 is 6.09 Å². The van der Waals surface area contributed by atoms with Gasteiger partial charge in [0, 0.05) is 19.9 Å². The van der Waals surface area contributed by atoms with Crippen LogP contribution in [-0.2, 0) is 4.74 Å². The number of para-hydroxylation sites is 2. The predicted molar refractivity (Wildman–Crippen MR) is 81.4 cm³/mol. The molecule has 0 saturated carbocycles. The average Bonchev–Trinajstić information content (AvgIpc) is 2.82. The van der Waals surface area contributed by atoms with E-state index in [9.17, 15) is 4.79 Å². The van der Waals surface area contributed by atoms with E-state index in [4.69, 9.17) is 14.2 Å². The van der Waals surface area contributed by atoms with Gasteiger partial charge in [-0.05, 0) is 25.2 Å². The zero-order valence-electron chi connectivity index (χ0n) is 12.8. The number of piperidine rings is 1. The summed E-state index contributed by atoms with van der Waals surface area (Å²) < 4.78 is 15.9. The van der Waals surface area contributed by atoms with E-state index in [1.165, 1.54) is 0 Å². The van der Waals surface area contributed by atoms with Gasteiger partial charge in [-0.3, -0.25) is 0 Å². The molecule has 0 bridgehead atoms. The van der Waals surface area contributed by atoms with Crippen molar-refractivity contribution in [3.8, 4) is 11.5 Å². The van der Waals surface area contributed by atoms with Gasteiger partial charge in [0.2, 0.25) is 0 Å². The lowest BCUT2D eigenvalue weighted by molar-refractivity contribution is 0.0316. The Morgan fingerprint density at radius 3 is 2.18 bits per heavy atom. The minimum absolute atomic E-state index is 0.170. The molecule has 120 valence electrons. The fourth-order valence-corrected chi connectivity index (χ4v) is 2.93. The van der Waals surface area contributed by atoms with E-state index >= 15 is 0 Å². The highest BCUT2D eigenvalue weighted by Gasteiger charge is 2.44. The molecule has 0 aliphatic carbocycles. The molecular formula is C16H22N2O4. The summed E-state index contributed by atoms with van der Waals surface area (Å²) in [5.74, 6) is 1.71. The third kappa shape index (κ3) is 3.27. The van der Waals surface area contributed by atoms with E-state index in [-0.39, 0.29) is 11.7 Å². The van der Waals surface area contributed by atoms with Crippen molar-refractivity contribution in [2.24, 2.45) is 0 Å². The SMILES string of the molecule is CN1CC2(CCNCC2)OC1=O.c1ccc2c(c1)OCCO2. The summed E-state index contributed by atoms with van der Waals surface area (Å²) in [6.07, 6.45) is 1.73. The van der Waals surface area contributed by atoms with Crippen LogP contribution in [0.3, 0.4) is 0 Å². The van der Waals surface area contributed by atoms with Crippen LogP contribution in [0.15, 0.2) is 24.3 Å². The Balaban J connectivity index is 0.000000133. The molecule has 1 amide bonds. The van der Waals surface area contributed by atoms with Crippen molar-refractivity contribution in [2.45, 2.75) is 18.4 Å². The molecule has 3 aliphatic rings. The van der Waals surface area contributed by atoms with Crippen molar-refractivity contribution in [2.75, 3.05) is 39.9 Å². The molecule has 0 radical (unpaired) electrons. The standard InChI is InChI=1S/C8H14N2O2.C8H8O2/c1-10-6-8(12-7(10)11)2-4-9-5-3-8;1-2-4-8-7(3-1)9-5-6-10-8/h9H,2-6H2,1H3;1-4H,5-6H2. The van der Waals surface area contributed by atoms with Crippen LogP contribution in [0.1, 0.15) is 12.8 Å². The number of hydrogen-bond donors (Lipinski definition) is 1. The summed E-state index contributed by atoms with van der Waals surface area (Å²) in [5.41, 5.74) is -0.170. The molecule has 6 nitrogen and oxygen atoms in total. The Morgan fingerprint density at radius 2 is 1.68 bits per heavy atom. The molecule has 2 saturated heterocycles. The fraction of sp³-hybridized carbons (Fsp3) is 0.562. The highest BCUT2D eigenvalue weighted by atomic mass is 16.6. The molecule has 0 aromatic heterocycles. The Labute approximate surface area is 130 Å². The number of likely N-dealkylation sites (N-methyl/N-ethyl adjacent to an activating group) is 1. The number of carbonyl (C=O) groups is 1. The Bertz CT molecular complexity index is 504. The number of benzene rings is 1. The maximum absolute atomic E-state index is 11.1. The van der Waals surface area contributed by atoms with E-state index in [0.29, 0.717) is 13.2 Å². The molecule has 3 heterocycles. The quantitative estimate of drug-likeness (QED) is 0.790. The summed E-state index contributed by atoms with van der Waals surface area (Å²) >= 11 is 0. The summed E-state index contributed by atoms with van der Waals surface area (Å²) in [4.78, 5) is 12.8. The van der Waals surface area contributed by atoms with E-state index in [0.717, 1.165) is 44.0 Å². The van der Waals surface area contributed by atoms with Crippen molar-refractivity contribution in [3.63, 3.8) is 0 Å². The zero-order chi connectivity index (χ0) is 15.4. The smallest absolute Gasteiger partial charge is 0.410 e. The monoisotopic (exact) mass is 306 g/mol. The number of nitrogens with zero attached hydrogens (tertiary/aromatic N) is 1. The zero-order valence-corrected chi connectivity index (χ0v) is 12.8. The third-order valence-corrected chi connectivity index (χ3v) is 4.10. The molecule has 22 heavy (non-hydrogen) atoms. The van der Waals surface area contributed by atoms with Gasteiger partial charge < -0.3 is 24.4 Å². The second kappa shape index (κ2) is 6.44. The lowest BCUT2D eigenvalue weighted by Gasteiger charge is -2.30. The second-order valence-electron chi connectivity index (χ2n) is 5.80. The van der Waals surface area contributed by atoms with E-state index in [1.807, 2.05) is 24.3 Å². The van der Waals surface area contributed by atoms with Crippen LogP contribution in [0.4, 0.5) is 4.79 Å². The van der Waals surface area contributed by atoms with Gasteiger partial charge in [0.05, 0.1) is 6.54 Å². The van der Waals surface area contributed by atoms with Crippen LogP contribution in [0.25, 0.3) is 0 Å². The summed E-state index contributed by atoms with van der Waals surface area (Å²) in [5, 5.41) is 3.26. The lowest BCUT2D eigenvalue weighted by Crippen LogP contribution is -2.44. The molecule has 4 rings (SSSR count). The summed E-state index contributed by atoms with van der Waals surface area (Å²) in [6.45, 7) is 4.00. The number of carbonyl (C=O) groups excluding carboxylic acids is 1.